The lowest BCUT2D eigenvalue weighted by Crippen LogP contribution is -2.41. The second-order valence-corrected chi connectivity index (χ2v) is 6.20. The topological polar surface area (TPSA) is 87.3 Å². The van der Waals surface area contributed by atoms with Gasteiger partial charge in [0.05, 0.1) is 0 Å². The van der Waals surface area contributed by atoms with Gasteiger partial charge in [-0.25, -0.2) is 0 Å². The highest BCUT2D eigenvalue weighted by atomic mass is 35.5. The number of hydrazine groups is 1. The lowest BCUT2D eigenvalue weighted by Gasteiger charge is -2.09. The molecular weight excluding hydrogens is 342 g/mol. The summed E-state index contributed by atoms with van der Waals surface area (Å²) >= 11 is 5.83. The fraction of sp³-hybridized carbons (Fsp3) is 0.167. The fourth-order valence-corrected chi connectivity index (χ4v) is 2.41. The number of nitrogens with one attached hydrogen (secondary N) is 3. The molecule has 0 spiro atoms. The fourth-order valence-electron chi connectivity index (χ4n) is 2.22. The van der Waals surface area contributed by atoms with Gasteiger partial charge in [0.2, 0.25) is 5.91 Å². The van der Waals surface area contributed by atoms with Crippen molar-refractivity contribution in [1.82, 2.24) is 10.9 Å². The summed E-state index contributed by atoms with van der Waals surface area (Å²) in [6.07, 6.45) is 1.81. The summed E-state index contributed by atoms with van der Waals surface area (Å²) in [5, 5.41) is 3.20. The molecule has 0 heterocycles. The smallest absolute Gasteiger partial charge is 0.269 e. The van der Waals surface area contributed by atoms with E-state index in [0.29, 0.717) is 21.8 Å². The maximum absolute atomic E-state index is 12.2. The Labute approximate surface area is 149 Å². The van der Waals surface area contributed by atoms with E-state index in [9.17, 15) is 14.4 Å². The first-order valence-corrected chi connectivity index (χ1v) is 8.18. The summed E-state index contributed by atoms with van der Waals surface area (Å²) in [6, 6.07) is 12.9. The van der Waals surface area contributed by atoms with Gasteiger partial charge in [-0.2, -0.15) is 0 Å². The minimum atomic E-state index is -0.488. The Morgan fingerprint density at radius 1 is 0.880 bits per heavy atom. The van der Waals surface area contributed by atoms with Gasteiger partial charge < -0.3 is 5.32 Å². The van der Waals surface area contributed by atoms with Gasteiger partial charge in [-0.1, -0.05) is 23.7 Å². The quantitative estimate of drug-likeness (QED) is 0.735. The van der Waals surface area contributed by atoms with Gasteiger partial charge in [-0.15, -0.1) is 0 Å². The summed E-state index contributed by atoms with van der Waals surface area (Å²) in [4.78, 5) is 35.9. The van der Waals surface area contributed by atoms with E-state index in [1.807, 2.05) is 0 Å². The number of anilines is 1. The van der Waals surface area contributed by atoms with Crippen molar-refractivity contribution in [2.75, 3.05) is 5.32 Å². The normalized spacial score (nSPS) is 13.0. The summed E-state index contributed by atoms with van der Waals surface area (Å²) < 4.78 is 0. The lowest BCUT2D eigenvalue weighted by molar-refractivity contribution is -0.117. The SMILES string of the molecule is O=C(NNC(=O)c1cccc(NC(=O)C2CC2)c1)c1cccc(Cl)c1. The summed E-state index contributed by atoms with van der Waals surface area (Å²) in [5.74, 6) is -0.923. The van der Waals surface area contributed by atoms with Crippen LogP contribution in [0.5, 0.6) is 0 Å². The Bertz CT molecular complexity index is 834. The molecule has 0 radical (unpaired) electrons. The number of carbonyl (C=O) groups excluding carboxylic acids is 3. The van der Waals surface area contributed by atoms with Crippen LogP contribution in [0.15, 0.2) is 48.5 Å². The van der Waals surface area contributed by atoms with Crippen LogP contribution in [0.4, 0.5) is 5.69 Å². The van der Waals surface area contributed by atoms with Crippen molar-refractivity contribution in [1.29, 1.82) is 0 Å². The van der Waals surface area contributed by atoms with Crippen molar-refractivity contribution in [3.8, 4) is 0 Å². The third kappa shape index (κ3) is 4.58. The van der Waals surface area contributed by atoms with Crippen LogP contribution in [0.25, 0.3) is 0 Å². The Balaban J connectivity index is 1.59. The average molecular weight is 358 g/mol. The highest BCUT2D eigenvalue weighted by Gasteiger charge is 2.29. The third-order valence-electron chi connectivity index (χ3n) is 3.72. The molecule has 0 aromatic heterocycles. The Morgan fingerprint density at radius 3 is 2.08 bits per heavy atom. The molecule has 128 valence electrons. The van der Waals surface area contributed by atoms with E-state index < -0.39 is 11.8 Å². The molecular formula is C18H16ClN3O3. The van der Waals surface area contributed by atoms with Crippen LogP contribution in [0.3, 0.4) is 0 Å². The molecule has 1 aliphatic rings. The van der Waals surface area contributed by atoms with Crippen molar-refractivity contribution in [3.63, 3.8) is 0 Å². The molecule has 0 aliphatic heterocycles. The molecule has 0 atom stereocenters. The van der Waals surface area contributed by atoms with E-state index in [4.69, 9.17) is 11.6 Å². The molecule has 3 amide bonds. The molecule has 1 fully saturated rings. The highest BCUT2D eigenvalue weighted by Crippen LogP contribution is 2.30. The first kappa shape index (κ1) is 17.0. The van der Waals surface area contributed by atoms with Gasteiger partial charge in [0.25, 0.3) is 11.8 Å². The van der Waals surface area contributed by atoms with Crippen LogP contribution < -0.4 is 16.2 Å². The van der Waals surface area contributed by atoms with E-state index in [1.165, 1.54) is 6.07 Å². The number of hydrogen-bond donors (Lipinski definition) is 3. The number of benzene rings is 2. The van der Waals surface area contributed by atoms with Crippen LogP contribution in [-0.4, -0.2) is 17.7 Å². The number of hydrogen-bond acceptors (Lipinski definition) is 3. The third-order valence-corrected chi connectivity index (χ3v) is 3.95. The molecule has 0 unspecified atom stereocenters. The van der Waals surface area contributed by atoms with Crippen LogP contribution >= 0.6 is 11.6 Å². The molecule has 2 aromatic rings. The molecule has 0 bridgehead atoms. The number of amides is 3. The van der Waals surface area contributed by atoms with E-state index in [2.05, 4.69) is 16.2 Å². The highest BCUT2D eigenvalue weighted by molar-refractivity contribution is 6.31. The van der Waals surface area contributed by atoms with Gasteiger partial charge in [-0.3, -0.25) is 25.2 Å². The largest absolute Gasteiger partial charge is 0.326 e. The van der Waals surface area contributed by atoms with Crippen LogP contribution in [0.2, 0.25) is 5.02 Å². The number of rotatable bonds is 4. The Kier molecular flexibility index (Phi) is 5.00. The molecule has 1 aliphatic carbocycles. The predicted octanol–water partition coefficient (Wildman–Crippen LogP) is 2.76. The zero-order valence-corrected chi connectivity index (χ0v) is 14.0. The Morgan fingerprint density at radius 2 is 1.48 bits per heavy atom. The summed E-state index contributed by atoms with van der Waals surface area (Å²) in [6.45, 7) is 0. The molecule has 0 saturated heterocycles. The number of halogens is 1. The van der Waals surface area contributed by atoms with E-state index in [-0.39, 0.29) is 11.8 Å². The zero-order valence-electron chi connectivity index (χ0n) is 13.2. The maximum Gasteiger partial charge on any atom is 0.269 e. The van der Waals surface area contributed by atoms with Gasteiger partial charge in [0, 0.05) is 27.8 Å². The minimum absolute atomic E-state index is 0.0354. The lowest BCUT2D eigenvalue weighted by atomic mass is 10.2. The van der Waals surface area contributed by atoms with Gasteiger partial charge in [-0.05, 0) is 49.2 Å². The molecule has 6 nitrogen and oxygen atoms in total. The zero-order chi connectivity index (χ0) is 17.8. The maximum atomic E-state index is 12.2. The predicted molar refractivity (Wildman–Crippen MR) is 94.2 cm³/mol. The molecule has 3 N–H and O–H groups in total. The van der Waals surface area contributed by atoms with Crippen molar-refractivity contribution in [2.45, 2.75) is 12.8 Å². The van der Waals surface area contributed by atoms with E-state index in [0.717, 1.165) is 12.8 Å². The number of carbonyl (C=O) groups is 3. The van der Waals surface area contributed by atoms with Crippen molar-refractivity contribution >= 4 is 35.0 Å². The van der Waals surface area contributed by atoms with Crippen LogP contribution in [-0.2, 0) is 4.79 Å². The first-order chi connectivity index (χ1) is 12.0. The first-order valence-electron chi connectivity index (χ1n) is 7.80. The second-order valence-electron chi connectivity index (χ2n) is 5.76. The molecule has 25 heavy (non-hydrogen) atoms. The molecule has 3 rings (SSSR count). The molecule has 1 saturated carbocycles. The minimum Gasteiger partial charge on any atom is -0.326 e. The van der Waals surface area contributed by atoms with Crippen molar-refractivity contribution < 1.29 is 14.4 Å². The van der Waals surface area contributed by atoms with Gasteiger partial charge >= 0.3 is 0 Å². The van der Waals surface area contributed by atoms with Crippen molar-refractivity contribution in [2.24, 2.45) is 5.92 Å². The Hall–Kier alpha value is -2.86. The summed E-state index contributed by atoms with van der Waals surface area (Å²) in [5.41, 5.74) is 5.86. The van der Waals surface area contributed by atoms with Crippen molar-refractivity contribution in [3.05, 3.63) is 64.7 Å². The standard InChI is InChI=1S/C18H16ClN3O3/c19-14-5-1-3-12(9-14)17(24)21-22-18(25)13-4-2-6-15(10-13)20-16(23)11-7-8-11/h1-6,9-11H,7-8H2,(H,20,23)(H,21,24)(H,22,25). The van der Waals surface area contributed by atoms with E-state index in [1.54, 1.807) is 42.5 Å². The monoisotopic (exact) mass is 357 g/mol. The van der Waals surface area contributed by atoms with Crippen LogP contribution in [0, 0.1) is 5.92 Å². The second kappa shape index (κ2) is 7.36. The molecule has 7 heteroatoms. The van der Waals surface area contributed by atoms with E-state index >= 15 is 0 Å². The van der Waals surface area contributed by atoms with Gasteiger partial charge in [0.1, 0.15) is 0 Å². The van der Waals surface area contributed by atoms with Gasteiger partial charge in [0.15, 0.2) is 0 Å². The summed E-state index contributed by atoms with van der Waals surface area (Å²) in [7, 11) is 0. The average Bonchev–Trinajstić information content (AvgIpc) is 3.44. The molecule has 2 aromatic carbocycles. The van der Waals surface area contributed by atoms with Crippen LogP contribution in [0.1, 0.15) is 33.6 Å².